The molecule has 2 fully saturated rings. The van der Waals surface area contributed by atoms with E-state index in [0.29, 0.717) is 43.3 Å². The van der Waals surface area contributed by atoms with Crippen LogP contribution >= 0.6 is 0 Å². The summed E-state index contributed by atoms with van der Waals surface area (Å²) in [6.07, 6.45) is 5.29. The second-order valence-electron chi connectivity index (χ2n) is 9.82. The molecule has 3 aliphatic rings. The van der Waals surface area contributed by atoms with E-state index in [1.807, 2.05) is 39.0 Å². The Hall–Kier alpha value is -2.08. The lowest BCUT2D eigenvalue weighted by molar-refractivity contribution is -0.125. The van der Waals surface area contributed by atoms with Gasteiger partial charge in [-0.25, -0.2) is 0 Å². The Balaban J connectivity index is 1.28. The number of hydrogen-bond donors (Lipinski definition) is 2. The second kappa shape index (κ2) is 7.98. The van der Waals surface area contributed by atoms with Crippen LogP contribution in [0.2, 0.25) is 0 Å². The molecule has 0 aromatic heterocycles. The van der Waals surface area contributed by atoms with Crippen molar-refractivity contribution >= 4 is 11.8 Å². The van der Waals surface area contributed by atoms with Crippen LogP contribution in [0, 0.1) is 5.92 Å². The fourth-order valence-electron chi connectivity index (χ4n) is 5.10. The van der Waals surface area contributed by atoms with Gasteiger partial charge >= 0.3 is 0 Å². The van der Waals surface area contributed by atoms with Gasteiger partial charge in [0.05, 0.1) is 13.2 Å². The maximum atomic E-state index is 12.6. The van der Waals surface area contributed by atoms with Crippen LogP contribution in [0.25, 0.3) is 0 Å². The van der Waals surface area contributed by atoms with Crippen LogP contribution in [0.1, 0.15) is 62.4 Å². The molecule has 0 saturated carbocycles. The van der Waals surface area contributed by atoms with E-state index >= 15 is 0 Å². The van der Waals surface area contributed by atoms with Crippen molar-refractivity contribution in [2.24, 2.45) is 5.92 Å². The average molecular weight is 400 g/mol. The minimum Gasteiger partial charge on any atom is -0.493 e. The van der Waals surface area contributed by atoms with E-state index in [9.17, 15) is 9.59 Å². The standard InChI is InChI=1S/C23H33N3O3/c1-23(2,3)25-21(27)14-26-18-5-6-19(26)11-15(10-18)13-24-22(28)17-4-7-20-16(12-17)8-9-29-20/h4,7,12,15,18-19H,5-6,8-11,13-14H2,1-3H3,(H,24,28)(H,25,27)/t15-,18-,19+. The monoisotopic (exact) mass is 399 g/mol. The summed E-state index contributed by atoms with van der Waals surface area (Å²) in [7, 11) is 0. The van der Waals surface area contributed by atoms with Crippen LogP contribution in [0.5, 0.6) is 5.75 Å². The van der Waals surface area contributed by atoms with E-state index in [-0.39, 0.29) is 17.4 Å². The summed E-state index contributed by atoms with van der Waals surface area (Å²) < 4.78 is 5.52. The fraction of sp³-hybridized carbons (Fsp3) is 0.652. The quantitative estimate of drug-likeness (QED) is 0.798. The molecule has 2 amide bonds. The van der Waals surface area contributed by atoms with Crippen LogP contribution in [0.15, 0.2) is 18.2 Å². The zero-order valence-electron chi connectivity index (χ0n) is 17.8. The van der Waals surface area contributed by atoms with Gasteiger partial charge in [0, 0.05) is 36.2 Å². The van der Waals surface area contributed by atoms with Crippen molar-refractivity contribution in [3.8, 4) is 5.75 Å². The summed E-state index contributed by atoms with van der Waals surface area (Å²) in [6, 6.07) is 6.62. The molecule has 29 heavy (non-hydrogen) atoms. The number of piperidine rings is 1. The lowest BCUT2D eigenvalue weighted by atomic mass is 9.90. The third kappa shape index (κ3) is 4.74. The Labute approximate surface area is 173 Å². The van der Waals surface area contributed by atoms with Crippen molar-refractivity contribution in [1.29, 1.82) is 0 Å². The molecule has 3 aliphatic heterocycles. The number of nitrogens with zero attached hydrogens (tertiary/aromatic N) is 1. The topological polar surface area (TPSA) is 70.7 Å². The summed E-state index contributed by atoms with van der Waals surface area (Å²) in [6.45, 7) is 7.95. The molecule has 6 nitrogen and oxygen atoms in total. The number of amides is 2. The van der Waals surface area contributed by atoms with Crippen LogP contribution < -0.4 is 15.4 Å². The number of carbonyl (C=O) groups is 2. The first-order valence-corrected chi connectivity index (χ1v) is 10.9. The molecule has 0 radical (unpaired) electrons. The molecule has 3 heterocycles. The van der Waals surface area contributed by atoms with Gasteiger partial charge in [0.25, 0.3) is 5.91 Å². The van der Waals surface area contributed by atoms with Gasteiger partial charge in [0.15, 0.2) is 0 Å². The van der Waals surface area contributed by atoms with Crippen LogP contribution in [0.4, 0.5) is 0 Å². The van der Waals surface area contributed by atoms with Crippen LogP contribution in [0.3, 0.4) is 0 Å². The summed E-state index contributed by atoms with van der Waals surface area (Å²) >= 11 is 0. The Morgan fingerprint density at radius 3 is 2.59 bits per heavy atom. The summed E-state index contributed by atoms with van der Waals surface area (Å²) in [5.41, 5.74) is 1.65. The Bertz CT molecular complexity index is 772. The van der Waals surface area contributed by atoms with Gasteiger partial charge in [-0.15, -0.1) is 0 Å². The van der Waals surface area contributed by atoms with Crippen molar-refractivity contribution in [2.45, 2.75) is 70.5 Å². The second-order valence-corrected chi connectivity index (χ2v) is 9.82. The molecule has 2 saturated heterocycles. The largest absolute Gasteiger partial charge is 0.493 e. The van der Waals surface area contributed by atoms with Crippen molar-refractivity contribution in [2.75, 3.05) is 19.7 Å². The predicted octanol–water partition coefficient (Wildman–Crippen LogP) is 2.51. The first kappa shape index (κ1) is 20.2. The van der Waals surface area contributed by atoms with Gasteiger partial charge in [0.1, 0.15) is 5.75 Å². The third-order valence-electron chi connectivity index (χ3n) is 6.33. The number of hydrogen-bond acceptors (Lipinski definition) is 4. The van der Waals surface area contributed by atoms with Gasteiger partial charge in [-0.1, -0.05) is 0 Å². The van der Waals surface area contributed by atoms with Crippen molar-refractivity contribution in [3.05, 3.63) is 29.3 Å². The van der Waals surface area contributed by atoms with Gasteiger partial charge in [0.2, 0.25) is 5.91 Å². The Kier molecular flexibility index (Phi) is 5.56. The first-order chi connectivity index (χ1) is 13.8. The van der Waals surface area contributed by atoms with Crippen LogP contribution in [-0.2, 0) is 11.2 Å². The van der Waals surface area contributed by atoms with Gasteiger partial charge in [-0.3, -0.25) is 14.5 Å². The van der Waals surface area contributed by atoms with Gasteiger partial charge in [-0.05, 0) is 76.1 Å². The molecule has 3 atom stereocenters. The molecular weight excluding hydrogens is 366 g/mol. The van der Waals surface area contributed by atoms with Gasteiger partial charge in [-0.2, -0.15) is 0 Å². The van der Waals surface area contributed by atoms with Crippen LogP contribution in [-0.4, -0.2) is 54.0 Å². The molecule has 4 rings (SSSR count). The summed E-state index contributed by atoms with van der Waals surface area (Å²) in [4.78, 5) is 27.3. The van der Waals surface area contributed by atoms with Crippen molar-refractivity contribution in [3.63, 3.8) is 0 Å². The predicted molar refractivity (Wildman–Crippen MR) is 112 cm³/mol. The minimum atomic E-state index is -0.192. The highest BCUT2D eigenvalue weighted by Crippen LogP contribution is 2.38. The lowest BCUT2D eigenvalue weighted by Gasteiger charge is -2.39. The molecule has 1 aromatic carbocycles. The highest BCUT2D eigenvalue weighted by Gasteiger charge is 2.41. The molecular formula is C23H33N3O3. The molecule has 2 N–H and O–H groups in total. The highest BCUT2D eigenvalue weighted by atomic mass is 16.5. The minimum absolute atomic E-state index is 0.000897. The molecule has 0 unspecified atom stereocenters. The SMILES string of the molecule is CC(C)(C)NC(=O)CN1[C@@H]2CC[C@H]1C[C@H](CNC(=O)c1ccc3c(c1)CCO3)C2. The van der Waals surface area contributed by atoms with E-state index in [1.54, 1.807) is 0 Å². The van der Waals surface area contributed by atoms with Crippen molar-refractivity contribution < 1.29 is 14.3 Å². The number of rotatable bonds is 5. The van der Waals surface area contributed by atoms with E-state index in [0.717, 1.165) is 43.4 Å². The zero-order valence-corrected chi connectivity index (χ0v) is 17.8. The maximum absolute atomic E-state index is 12.6. The number of benzene rings is 1. The molecule has 0 spiro atoms. The van der Waals surface area contributed by atoms with Crippen molar-refractivity contribution in [1.82, 2.24) is 15.5 Å². The lowest BCUT2D eigenvalue weighted by Crippen LogP contribution is -2.52. The third-order valence-corrected chi connectivity index (χ3v) is 6.33. The normalized spacial score (nSPS) is 26.0. The Morgan fingerprint density at radius 2 is 1.90 bits per heavy atom. The number of ether oxygens (including phenoxy) is 1. The van der Waals surface area contributed by atoms with E-state index in [4.69, 9.17) is 4.74 Å². The summed E-state index contributed by atoms with van der Waals surface area (Å²) in [5.74, 6) is 1.50. The highest BCUT2D eigenvalue weighted by molar-refractivity contribution is 5.94. The van der Waals surface area contributed by atoms with Gasteiger partial charge < -0.3 is 15.4 Å². The smallest absolute Gasteiger partial charge is 0.251 e. The fourth-order valence-corrected chi connectivity index (χ4v) is 5.10. The molecule has 0 aliphatic carbocycles. The molecule has 158 valence electrons. The van der Waals surface area contributed by atoms with E-state index in [1.165, 1.54) is 0 Å². The maximum Gasteiger partial charge on any atom is 0.251 e. The summed E-state index contributed by atoms with van der Waals surface area (Å²) in [5, 5.41) is 6.21. The zero-order chi connectivity index (χ0) is 20.6. The molecule has 6 heteroatoms. The van der Waals surface area contributed by atoms with E-state index < -0.39 is 0 Å². The Morgan fingerprint density at radius 1 is 1.17 bits per heavy atom. The molecule has 1 aromatic rings. The number of nitrogens with one attached hydrogen (secondary N) is 2. The average Bonchev–Trinajstić information content (AvgIpc) is 3.19. The number of fused-ring (bicyclic) bond motifs is 3. The van der Waals surface area contributed by atoms with E-state index in [2.05, 4.69) is 15.5 Å². The number of carbonyl (C=O) groups excluding carboxylic acids is 2. The first-order valence-electron chi connectivity index (χ1n) is 10.9. The molecule has 2 bridgehead atoms.